The van der Waals surface area contributed by atoms with Gasteiger partial charge >= 0.3 is 12.0 Å². The van der Waals surface area contributed by atoms with Crippen LogP contribution in [0.2, 0.25) is 0 Å². The minimum absolute atomic E-state index is 0.151. The van der Waals surface area contributed by atoms with Crippen LogP contribution in [0.3, 0.4) is 0 Å². The van der Waals surface area contributed by atoms with Gasteiger partial charge in [0.05, 0.1) is 6.42 Å². The van der Waals surface area contributed by atoms with Gasteiger partial charge < -0.3 is 21.5 Å². The fourth-order valence-corrected chi connectivity index (χ4v) is 1.31. The van der Waals surface area contributed by atoms with Gasteiger partial charge in [-0.2, -0.15) is 0 Å². The number of urea groups is 1. The quantitative estimate of drug-likeness (QED) is 0.421. The van der Waals surface area contributed by atoms with Crippen molar-refractivity contribution in [3.8, 4) is 0 Å². The normalized spacial score (nSPS) is 13.5. The van der Waals surface area contributed by atoms with Gasteiger partial charge in [-0.15, -0.1) is 0 Å². The maximum atomic E-state index is 11.2. The zero-order chi connectivity index (χ0) is 13.4. The summed E-state index contributed by atoms with van der Waals surface area (Å²) in [5.41, 5.74) is 4.83. The lowest BCUT2D eigenvalue weighted by atomic mass is 10.2. The molecule has 0 saturated carbocycles. The number of rotatable bonds is 7. The van der Waals surface area contributed by atoms with Gasteiger partial charge in [0, 0.05) is 29.4 Å². The van der Waals surface area contributed by atoms with E-state index in [0.29, 0.717) is 0 Å². The summed E-state index contributed by atoms with van der Waals surface area (Å²) >= 11 is 0. The van der Waals surface area contributed by atoms with Gasteiger partial charge in [-0.25, -0.2) is 9.59 Å². The summed E-state index contributed by atoms with van der Waals surface area (Å²) in [6.45, 7) is 0.151. The van der Waals surface area contributed by atoms with Crippen molar-refractivity contribution in [2.45, 2.75) is 12.5 Å². The highest BCUT2D eigenvalue weighted by molar-refractivity contribution is 7.84. The fraction of sp³-hybridized carbons (Fsp3) is 0.625. The summed E-state index contributed by atoms with van der Waals surface area (Å²) < 4.78 is 10.7. The van der Waals surface area contributed by atoms with Crippen molar-refractivity contribution in [2.24, 2.45) is 5.73 Å². The molecule has 0 aromatic carbocycles. The molecule has 5 N–H and O–H groups in total. The first-order valence-electron chi connectivity index (χ1n) is 4.68. The molecule has 3 amide bonds. The van der Waals surface area contributed by atoms with Crippen LogP contribution < -0.4 is 16.4 Å². The molecule has 0 aliphatic heterocycles. The summed E-state index contributed by atoms with van der Waals surface area (Å²) in [7, 11) is -1.05. The molecule has 0 aromatic rings. The lowest BCUT2D eigenvalue weighted by Gasteiger charge is -2.13. The Kier molecular flexibility index (Phi) is 6.87. The highest BCUT2D eigenvalue weighted by Crippen LogP contribution is 1.91. The largest absolute Gasteiger partial charge is 0.480 e. The number of nitrogens with one attached hydrogen (secondary N) is 2. The van der Waals surface area contributed by atoms with E-state index in [1.807, 2.05) is 0 Å². The van der Waals surface area contributed by atoms with Crippen molar-refractivity contribution in [3.05, 3.63) is 0 Å². The monoisotopic (exact) mass is 265 g/mol. The van der Waals surface area contributed by atoms with Crippen LogP contribution in [-0.2, 0) is 20.4 Å². The second-order valence-corrected chi connectivity index (χ2v) is 4.79. The third-order valence-corrected chi connectivity index (χ3v) is 2.46. The number of primary amides is 1. The molecular weight excluding hydrogens is 250 g/mol. The number of hydrogen-bond acceptors (Lipinski definition) is 4. The van der Waals surface area contributed by atoms with E-state index in [0.717, 1.165) is 0 Å². The Bertz CT molecular complexity index is 333. The van der Waals surface area contributed by atoms with E-state index in [2.05, 4.69) is 10.6 Å². The highest BCUT2D eigenvalue weighted by atomic mass is 32.2. The molecule has 2 atom stereocenters. The van der Waals surface area contributed by atoms with Crippen LogP contribution in [0.5, 0.6) is 0 Å². The summed E-state index contributed by atoms with van der Waals surface area (Å²) in [5, 5.41) is 13.1. The fourth-order valence-electron chi connectivity index (χ4n) is 0.919. The molecule has 0 spiro atoms. The van der Waals surface area contributed by atoms with Crippen molar-refractivity contribution in [1.29, 1.82) is 0 Å². The van der Waals surface area contributed by atoms with Crippen molar-refractivity contribution in [1.82, 2.24) is 10.6 Å². The molecule has 0 bridgehead atoms. The summed E-state index contributed by atoms with van der Waals surface area (Å²) in [4.78, 5) is 32.4. The summed E-state index contributed by atoms with van der Waals surface area (Å²) in [6, 6.07) is -2.11. The molecule has 0 radical (unpaired) electrons. The molecule has 17 heavy (non-hydrogen) atoms. The maximum absolute atomic E-state index is 11.2. The molecule has 0 heterocycles. The lowest BCUT2D eigenvalue weighted by molar-refractivity contribution is -0.140. The van der Waals surface area contributed by atoms with E-state index in [1.165, 1.54) is 6.26 Å². The zero-order valence-electron chi connectivity index (χ0n) is 9.26. The Morgan fingerprint density at radius 1 is 1.41 bits per heavy atom. The Labute approximate surface area is 100 Å². The van der Waals surface area contributed by atoms with Gasteiger partial charge in [0.15, 0.2) is 0 Å². The summed E-state index contributed by atoms with van der Waals surface area (Å²) in [5.74, 6) is -1.91. The zero-order valence-corrected chi connectivity index (χ0v) is 10.1. The second-order valence-electron chi connectivity index (χ2n) is 3.24. The number of nitrogens with two attached hydrogens (primary N) is 1. The van der Waals surface area contributed by atoms with Gasteiger partial charge in [0.1, 0.15) is 6.04 Å². The highest BCUT2D eigenvalue weighted by Gasteiger charge is 2.21. The molecule has 0 rings (SSSR count). The smallest absolute Gasteiger partial charge is 0.326 e. The van der Waals surface area contributed by atoms with Crippen LogP contribution in [0.25, 0.3) is 0 Å². The van der Waals surface area contributed by atoms with E-state index in [-0.39, 0.29) is 12.3 Å². The average Bonchev–Trinajstić information content (AvgIpc) is 2.15. The van der Waals surface area contributed by atoms with Crippen LogP contribution in [-0.4, -0.2) is 51.8 Å². The number of carbonyl (C=O) groups is 3. The molecule has 0 aliphatic rings. The molecular formula is C8H15N3O5S. The lowest BCUT2D eigenvalue weighted by Crippen LogP contribution is -2.48. The number of carboxylic acids is 1. The maximum Gasteiger partial charge on any atom is 0.326 e. The van der Waals surface area contributed by atoms with Gasteiger partial charge in [0.25, 0.3) is 0 Å². The van der Waals surface area contributed by atoms with E-state index >= 15 is 0 Å². The molecule has 98 valence electrons. The topological polar surface area (TPSA) is 139 Å². The number of carbonyl (C=O) groups excluding carboxylic acids is 2. The number of aliphatic carboxylic acids is 1. The predicted octanol–water partition coefficient (Wildman–Crippen LogP) is -2.01. The Balaban J connectivity index is 4.08. The van der Waals surface area contributed by atoms with Crippen molar-refractivity contribution in [2.75, 3.05) is 18.6 Å². The van der Waals surface area contributed by atoms with E-state index in [4.69, 9.17) is 10.8 Å². The van der Waals surface area contributed by atoms with Crippen LogP contribution in [0.4, 0.5) is 4.79 Å². The van der Waals surface area contributed by atoms with Crippen LogP contribution in [0, 0.1) is 0 Å². The van der Waals surface area contributed by atoms with E-state index in [9.17, 15) is 18.6 Å². The molecule has 0 aliphatic carbocycles. The van der Waals surface area contributed by atoms with E-state index in [1.54, 1.807) is 0 Å². The second kappa shape index (κ2) is 7.60. The van der Waals surface area contributed by atoms with E-state index < -0.39 is 41.2 Å². The SMILES string of the molecule is CS(=O)CCNC(=O)N[C@H](CC(N)=O)C(=O)O. The third kappa shape index (κ3) is 8.20. The first-order chi connectivity index (χ1) is 7.82. The van der Waals surface area contributed by atoms with Crippen LogP contribution in [0.15, 0.2) is 0 Å². The van der Waals surface area contributed by atoms with Crippen molar-refractivity contribution < 1.29 is 23.7 Å². The van der Waals surface area contributed by atoms with Crippen molar-refractivity contribution >= 4 is 28.7 Å². The minimum atomic E-state index is -1.36. The minimum Gasteiger partial charge on any atom is -0.480 e. The average molecular weight is 265 g/mol. The first kappa shape index (κ1) is 15.4. The standard InChI is InChI=1S/C8H15N3O5S/c1-17(16)3-2-10-8(15)11-5(7(13)14)4-6(9)12/h5H,2-4H2,1H3,(H2,9,12)(H,13,14)(H2,10,11,15)/t5-,17?/m1/s1. The Hall–Kier alpha value is -1.64. The predicted molar refractivity (Wildman–Crippen MR) is 60.7 cm³/mol. The van der Waals surface area contributed by atoms with Gasteiger partial charge in [-0.1, -0.05) is 0 Å². The van der Waals surface area contributed by atoms with Gasteiger partial charge in [-0.05, 0) is 0 Å². The molecule has 8 nitrogen and oxygen atoms in total. The molecule has 1 unspecified atom stereocenters. The molecule has 0 fully saturated rings. The molecule has 0 aromatic heterocycles. The Morgan fingerprint density at radius 2 is 2.00 bits per heavy atom. The number of amides is 3. The summed E-state index contributed by atoms with van der Waals surface area (Å²) in [6.07, 6.45) is 0.995. The van der Waals surface area contributed by atoms with Crippen molar-refractivity contribution in [3.63, 3.8) is 0 Å². The third-order valence-electron chi connectivity index (χ3n) is 1.68. The number of hydrogen-bond donors (Lipinski definition) is 4. The number of carboxylic acid groups (broad SMARTS) is 1. The van der Waals surface area contributed by atoms with Gasteiger partial charge in [-0.3, -0.25) is 9.00 Å². The first-order valence-corrected chi connectivity index (χ1v) is 6.41. The molecule has 9 heteroatoms. The van der Waals surface area contributed by atoms with Gasteiger partial charge in [0.2, 0.25) is 5.91 Å². The van der Waals surface area contributed by atoms with Crippen LogP contribution in [0.1, 0.15) is 6.42 Å². The Morgan fingerprint density at radius 3 is 2.41 bits per heavy atom. The van der Waals surface area contributed by atoms with Crippen LogP contribution >= 0.6 is 0 Å². The molecule has 0 saturated heterocycles.